The molecule has 5 aromatic carbocycles. The Bertz CT molecular complexity index is 1560. The number of amides is 1. The van der Waals surface area contributed by atoms with Gasteiger partial charge in [-0.3, -0.25) is 9.69 Å². The quantitative estimate of drug-likeness (QED) is 0.129. The Balaban J connectivity index is 1.10. The van der Waals surface area contributed by atoms with Crippen LogP contribution in [0.4, 0.5) is 5.69 Å². The average molecular weight is 601 g/mol. The Kier molecular flexibility index (Phi) is 11.8. The zero-order valence-electron chi connectivity index (χ0n) is 25.4. The Morgan fingerprint density at radius 3 is 1.82 bits per heavy atom. The van der Waals surface area contributed by atoms with Gasteiger partial charge in [-0.15, -0.1) is 0 Å². The number of nitrogens with zero attached hydrogens (tertiary/aromatic N) is 1. The van der Waals surface area contributed by atoms with Gasteiger partial charge in [0.15, 0.2) is 0 Å². The number of nitrogens with one attached hydrogen (secondary N) is 1. The molecule has 0 heterocycles. The molecule has 0 fully saturated rings. The summed E-state index contributed by atoms with van der Waals surface area (Å²) in [4.78, 5) is 14.7. The molecule has 0 aliphatic carbocycles. The van der Waals surface area contributed by atoms with E-state index in [0.717, 1.165) is 47.6 Å². The highest BCUT2D eigenvalue weighted by atomic mass is 16.5. The normalized spacial score (nSPS) is 11.6. The van der Waals surface area contributed by atoms with Crippen LogP contribution >= 0.6 is 0 Å². The maximum absolute atomic E-state index is 12.4. The summed E-state index contributed by atoms with van der Waals surface area (Å²) in [7, 11) is 0. The third-order valence-electron chi connectivity index (χ3n) is 7.39. The van der Waals surface area contributed by atoms with Crippen LogP contribution in [0, 0.1) is 0 Å². The Hall–Kier alpha value is -4.91. The van der Waals surface area contributed by atoms with Crippen molar-refractivity contribution in [2.24, 2.45) is 0 Å². The molecule has 0 radical (unpaired) electrons. The van der Waals surface area contributed by atoms with Crippen LogP contribution in [-0.4, -0.2) is 41.7 Å². The molecule has 0 spiro atoms. The summed E-state index contributed by atoms with van der Waals surface area (Å²) < 4.78 is 11.8. The van der Waals surface area contributed by atoms with Gasteiger partial charge in [0, 0.05) is 25.3 Å². The zero-order chi connectivity index (χ0) is 31.1. The molecule has 2 N–H and O–H groups in total. The van der Waals surface area contributed by atoms with E-state index in [-0.39, 0.29) is 12.5 Å². The van der Waals surface area contributed by atoms with E-state index in [1.165, 1.54) is 5.56 Å². The van der Waals surface area contributed by atoms with E-state index in [2.05, 4.69) is 22.3 Å². The van der Waals surface area contributed by atoms with E-state index >= 15 is 0 Å². The van der Waals surface area contributed by atoms with Crippen LogP contribution < -0.4 is 14.8 Å². The van der Waals surface area contributed by atoms with Gasteiger partial charge in [-0.25, -0.2) is 0 Å². The minimum Gasteiger partial charge on any atom is -0.491 e. The highest BCUT2D eigenvalue weighted by molar-refractivity contribution is 5.92. The molecule has 0 saturated carbocycles. The van der Waals surface area contributed by atoms with Gasteiger partial charge in [-0.1, -0.05) is 103 Å². The summed E-state index contributed by atoms with van der Waals surface area (Å²) in [6, 6.07) is 45.5. The topological polar surface area (TPSA) is 71.0 Å². The van der Waals surface area contributed by atoms with E-state index < -0.39 is 6.10 Å². The number of carbonyl (C=O) groups excluding carboxylic acids is 1. The first-order chi connectivity index (χ1) is 22.1. The van der Waals surface area contributed by atoms with E-state index in [1.807, 2.05) is 127 Å². The van der Waals surface area contributed by atoms with Crippen LogP contribution in [0.1, 0.15) is 22.3 Å². The van der Waals surface area contributed by atoms with Crippen LogP contribution in [0.25, 0.3) is 0 Å². The fraction of sp³-hybridized carbons (Fsp3) is 0.205. The highest BCUT2D eigenvalue weighted by Crippen LogP contribution is 2.19. The Morgan fingerprint density at radius 2 is 1.20 bits per heavy atom. The van der Waals surface area contributed by atoms with Gasteiger partial charge in [0.2, 0.25) is 5.91 Å². The largest absolute Gasteiger partial charge is 0.491 e. The van der Waals surface area contributed by atoms with E-state index in [1.54, 1.807) is 0 Å². The second-order valence-corrected chi connectivity index (χ2v) is 11.1. The molecule has 45 heavy (non-hydrogen) atoms. The molecule has 5 aromatic rings. The first kappa shape index (κ1) is 31.5. The van der Waals surface area contributed by atoms with E-state index in [4.69, 9.17) is 9.47 Å². The van der Waals surface area contributed by atoms with Crippen molar-refractivity contribution >= 4 is 11.6 Å². The van der Waals surface area contributed by atoms with Gasteiger partial charge in [-0.2, -0.15) is 0 Å². The van der Waals surface area contributed by atoms with Crippen LogP contribution in [0.2, 0.25) is 0 Å². The third-order valence-corrected chi connectivity index (χ3v) is 7.39. The second-order valence-electron chi connectivity index (χ2n) is 11.1. The smallest absolute Gasteiger partial charge is 0.228 e. The monoisotopic (exact) mass is 600 g/mol. The minimum atomic E-state index is -0.662. The highest BCUT2D eigenvalue weighted by Gasteiger charge is 2.14. The molecule has 0 bridgehead atoms. The van der Waals surface area contributed by atoms with Gasteiger partial charge in [-0.05, 0) is 65.1 Å². The molecule has 0 aliphatic heterocycles. The molecule has 0 aromatic heterocycles. The number of benzene rings is 5. The van der Waals surface area contributed by atoms with Crippen molar-refractivity contribution in [1.29, 1.82) is 0 Å². The van der Waals surface area contributed by atoms with Crippen molar-refractivity contribution in [3.8, 4) is 11.5 Å². The zero-order valence-corrected chi connectivity index (χ0v) is 25.4. The van der Waals surface area contributed by atoms with Gasteiger partial charge < -0.3 is 19.9 Å². The van der Waals surface area contributed by atoms with Crippen molar-refractivity contribution in [3.05, 3.63) is 162 Å². The van der Waals surface area contributed by atoms with Gasteiger partial charge >= 0.3 is 0 Å². The maximum Gasteiger partial charge on any atom is 0.228 e. The fourth-order valence-corrected chi connectivity index (χ4v) is 5.02. The molecule has 6 nitrogen and oxygen atoms in total. The summed E-state index contributed by atoms with van der Waals surface area (Å²) in [5.74, 6) is 1.42. The second kappa shape index (κ2) is 16.8. The van der Waals surface area contributed by atoms with Gasteiger partial charge in [0.05, 0.1) is 6.42 Å². The lowest BCUT2D eigenvalue weighted by Crippen LogP contribution is -2.36. The molecular formula is C39H40N2O4. The third kappa shape index (κ3) is 10.9. The van der Waals surface area contributed by atoms with Gasteiger partial charge in [0.25, 0.3) is 0 Å². The summed E-state index contributed by atoms with van der Waals surface area (Å²) in [6.45, 7) is 2.65. The van der Waals surface area contributed by atoms with Crippen LogP contribution in [0.15, 0.2) is 140 Å². The van der Waals surface area contributed by atoms with Crippen molar-refractivity contribution < 1.29 is 19.4 Å². The lowest BCUT2D eigenvalue weighted by atomic mass is 10.1. The molecule has 5 rings (SSSR count). The lowest BCUT2D eigenvalue weighted by molar-refractivity contribution is -0.115. The number of aliphatic hydroxyl groups is 1. The minimum absolute atomic E-state index is 0.0356. The summed E-state index contributed by atoms with van der Waals surface area (Å²) in [5.41, 5.74) is 5.23. The summed E-state index contributed by atoms with van der Waals surface area (Å²) >= 11 is 0. The Morgan fingerprint density at radius 1 is 0.644 bits per heavy atom. The number of ether oxygens (including phenoxy) is 2. The molecule has 1 amide bonds. The maximum atomic E-state index is 12.4. The number of anilines is 1. The molecule has 0 unspecified atom stereocenters. The predicted molar refractivity (Wildman–Crippen MR) is 179 cm³/mol. The number of aliphatic hydroxyl groups excluding tert-OH is 1. The van der Waals surface area contributed by atoms with Crippen molar-refractivity contribution in [2.45, 2.75) is 32.1 Å². The van der Waals surface area contributed by atoms with Crippen molar-refractivity contribution in [1.82, 2.24) is 4.90 Å². The SMILES string of the molecule is O=C(Cc1ccccc1)Nc1ccc(CCN(Cc2ccccc2)C[C@H](O)COc2ccc(OCc3ccccc3)cc2)cc1. The van der Waals surface area contributed by atoms with Gasteiger partial charge in [0.1, 0.15) is 30.8 Å². The first-order valence-corrected chi connectivity index (χ1v) is 15.4. The lowest BCUT2D eigenvalue weighted by Gasteiger charge is -2.25. The summed E-state index contributed by atoms with van der Waals surface area (Å²) in [6.07, 6.45) is 0.491. The fourth-order valence-electron chi connectivity index (χ4n) is 5.02. The molecule has 1 atom stereocenters. The molecule has 6 heteroatoms. The summed E-state index contributed by atoms with van der Waals surface area (Å²) in [5, 5.41) is 13.9. The number of hydrogen-bond acceptors (Lipinski definition) is 5. The molecule has 0 aliphatic rings. The number of carbonyl (C=O) groups is 1. The predicted octanol–water partition coefficient (Wildman–Crippen LogP) is 6.93. The van der Waals surface area contributed by atoms with Crippen LogP contribution in [-0.2, 0) is 30.8 Å². The van der Waals surface area contributed by atoms with E-state index in [9.17, 15) is 9.90 Å². The Labute approximate surface area is 265 Å². The molecule has 0 saturated heterocycles. The molecular weight excluding hydrogens is 560 g/mol. The van der Waals surface area contributed by atoms with Crippen molar-refractivity contribution in [2.75, 3.05) is 25.0 Å². The number of rotatable bonds is 16. The molecule has 230 valence electrons. The van der Waals surface area contributed by atoms with Crippen LogP contribution in [0.3, 0.4) is 0 Å². The first-order valence-electron chi connectivity index (χ1n) is 15.4. The average Bonchev–Trinajstić information content (AvgIpc) is 3.08. The van der Waals surface area contributed by atoms with Crippen LogP contribution in [0.5, 0.6) is 11.5 Å². The standard InChI is InChI=1S/C39H40N2O4/c42-36(30-45-38-22-20-37(21-23-38)44-29-34-14-8-3-9-15-34)28-41(27-33-12-6-2-7-13-33)25-24-31-16-18-35(19-17-31)40-39(43)26-32-10-4-1-5-11-32/h1-23,36,42H,24-30H2,(H,40,43)/t36-/m0/s1. The number of hydrogen-bond donors (Lipinski definition) is 2. The van der Waals surface area contributed by atoms with Crippen molar-refractivity contribution in [3.63, 3.8) is 0 Å². The van der Waals surface area contributed by atoms with E-state index in [0.29, 0.717) is 25.3 Å².